The topological polar surface area (TPSA) is 144 Å². The highest BCUT2D eigenvalue weighted by Gasteiger charge is 2.35. The number of amides is 3. The Hall–Kier alpha value is -2.99. The monoisotopic (exact) mass is 507 g/mol. The van der Waals surface area contributed by atoms with Crippen molar-refractivity contribution in [2.24, 2.45) is 5.73 Å². The molecule has 0 spiro atoms. The van der Waals surface area contributed by atoms with Crippen LogP contribution < -0.4 is 36.5 Å². The van der Waals surface area contributed by atoms with Crippen molar-refractivity contribution in [2.45, 2.75) is 24.6 Å². The first-order valence-corrected chi connectivity index (χ1v) is 11.7. The van der Waals surface area contributed by atoms with Gasteiger partial charge in [0.25, 0.3) is 5.91 Å². The minimum atomic E-state index is -1.01. The lowest BCUT2D eigenvalue weighted by Gasteiger charge is -2.35. The van der Waals surface area contributed by atoms with Gasteiger partial charge in [-0.25, -0.2) is 0 Å². The van der Waals surface area contributed by atoms with E-state index in [9.17, 15) is 14.4 Å². The molecular weight excluding hydrogens is 482 g/mol. The second-order valence-electron chi connectivity index (χ2n) is 7.43. The first-order valence-electron chi connectivity index (χ1n) is 10.2. The maximum atomic E-state index is 12.6. The van der Waals surface area contributed by atoms with E-state index in [1.807, 2.05) is 13.0 Å². The number of hydrogen-bond donors (Lipinski definition) is 5. The van der Waals surface area contributed by atoms with E-state index in [2.05, 4.69) is 21.3 Å². The first kappa shape index (κ1) is 25.6. The van der Waals surface area contributed by atoms with Gasteiger partial charge in [0.2, 0.25) is 11.8 Å². The molecule has 6 N–H and O–H groups in total. The number of carbonyl (C=O) groups excluding carboxylic acids is 3. The van der Waals surface area contributed by atoms with E-state index in [0.29, 0.717) is 22.2 Å². The number of rotatable bonds is 8. The summed E-state index contributed by atoms with van der Waals surface area (Å²) in [5.41, 5.74) is 7.25. The van der Waals surface area contributed by atoms with Gasteiger partial charge in [-0.2, -0.15) is 0 Å². The summed E-state index contributed by atoms with van der Waals surface area (Å²) in [4.78, 5) is 37.5. The molecule has 2 aromatic carbocycles. The Balaban J connectivity index is 1.52. The standard InChI is InChI=1S/C22H26ClN5O5S/c1-11-4-6-13(9-14(11)23)25-17(29)10-34-22-27-19(24)18(21(31)28-22)26-20(30)12-5-7-15(32-2)16(8-12)33-3/h4-9,18-19,22,27H,10,24H2,1-3H3,(H,25,29)(H,26,30)(H,28,31). The number of hydrogen-bond acceptors (Lipinski definition) is 8. The predicted molar refractivity (Wildman–Crippen MR) is 131 cm³/mol. The van der Waals surface area contributed by atoms with Crippen LogP contribution in [0, 0.1) is 6.92 Å². The number of nitrogens with two attached hydrogens (primary N) is 1. The van der Waals surface area contributed by atoms with E-state index in [0.717, 1.165) is 17.3 Å². The molecule has 34 heavy (non-hydrogen) atoms. The summed E-state index contributed by atoms with van der Waals surface area (Å²) in [5, 5.41) is 11.6. The Bertz CT molecular complexity index is 1090. The number of ether oxygens (including phenoxy) is 2. The molecule has 0 aliphatic carbocycles. The molecular formula is C22H26ClN5O5S. The number of methoxy groups -OCH3 is 2. The molecule has 3 unspecified atom stereocenters. The Kier molecular flexibility index (Phi) is 8.61. The molecule has 12 heteroatoms. The van der Waals surface area contributed by atoms with Crippen LogP contribution in [0.3, 0.4) is 0 Å². The van der Waals surface area contributed by atoms with Gasteiger partial charge < -0.3 is 31.2 Å². The largest absolute Gasteiger partial charge is 0.493 e. The minimum Gasteiger partial charge on any atom is -0.493 e. The zero-order valence-electron chi connectivity index (χ0n) is 18.8. The average Bonchev–Trinajstić information content (AvgIpc) is 2.81. The highest BCUT2D eigenvalue weighted by atomic mass is 35.5. The third-order valence-electron chi connectivity index (χ3n) is 5.03. The van der Waals surface area contributed by atoms with Crippen molar-refractivity contribution < 1.29 is 23.9 Å². The highest BCUT2D eigenvalue weighted by Crippen LogP contribution is 2.27. The Morgan fingerprint density at radius 2 is 1.88 bits per heavy atom. The molecule has 1 saturated heterocycles. The SMILES string of the molecule is COc1ccc(C(=O)NC2C(=O)NC(SCC(=O)Nc3ccc(C)c(Cl)c3)NC2N)cc1OC. The van der Waals surface area contributed by atoms with Crippen LogP contribution in [0.5, 0.6) is 11.5 Å². The fourth-order valence-corrected chi connectivity index (χ4v) is 4.19. The lowest BCUT2D eigenvalue weighted by molar-refractivity contribution is -0.125. The summed E-state index contributed by atoms with van der Waals surface area (Å²) in [6.07, 6.45) is -0.866. The van der Waals surface area contributed by atoms with Crippen molar-refractivity contribution >= 4 is 46.8 Å². The molecule has 0 bridgehead atoms. The Morgan fingerprint density at radius 3 is 2.53 bits per heavy atom. The number of nitrogens with one attached hydrogen (secondary N) is 4. The molecule has 1 aliphatic rings. The normalized spacial score (nSPS) is 19.7. The molecule has 3 rings (SSSR count). The fraction of sp³-hybridized carbons (Fsp3) is 0.318. The Morgan fingerprint density at radius 1 is 1.15 bits per heavy atom. The molecule has 1 heterocycles. The van der Waals surface area contributed by atoms with Crippen LogP contribution in [0.2, 0.25) is 5.02 Å². The van der Waals surface area contributed by atoms with Gasteiger partial charge in [-0.15, -0.1) is 11.8 Å². The van der Waals surface area contributed by atoms with Crippen LogP contribution >= 0.6 is 23.4 Å². The molecule has 1 fully saturated rings. The van der Waals surface area contributed by atoms with Gasteiger partial charge in [0.05, 0.1) is 26.1 Å². The van der Waals surface area contributed by atoms with Crippen LogP contribution in [-0.2, 0) is 9.59 Å². The summed E-state index contributed by atoms with van der Waals surface area (Å²) < 4.78 is 10.4. The number of anilines is 1. The smallest absolute Gasteiger partial charge is 0.252 e. The summed E-state index contributed by atoms with van der Waals surface area (Å²) >= 11 is 7.23. The van der Waals surface area contributed by atoms with Crippen LogP contribution in [-0.4, -0.2) is 55.4 Å². The summed E-state index contributed by atoms with van der Waals surface area (Å²) in [6, 6.07) is 8.87. The van der Waals surface area contributed by atoms with Crippen LogP contribution in [0.4, 0.5) is 5.69 Å². The molecule has 3 atom stereocenters. The summed E-state index contributed by atoms with van der Waals surface area (Å²) in [5.74, 6) is -0.323. The van der Waals surface area contributed by atoms with Gasteiger partial charge in [0, 0.05) is 16.3 Å². The van der Waals surface area contributed by atoms with Gasteiger partial charge in [0.15, 0.2) is 11.5 Å². The van der Waals surface area contributed by atoms with Crippen molar-refractivity contribution in [1.29, 1.82) is 0 Å². The highest BCUT2D eigenvalue weighted by molar-refractivity contribution is 8.00. The summed E-state index contributed by atoms with van der Waals surface area (Å²) in [6.45, 7) is 1.87. The fourth-order valence-electron chi connectivity index (χ4n) is 3.17. The van der Waals surface area contributed by atoms with E-state index >= 15 is 0 Å². The molecule has 3 amide bonds. The van der Waals surface area contributed by atoms with Crippen molar-refractivity contribution in [3.63, 3.8) is 0 Å². The van der Waals surface area contributed by atoms with Crippen molar-refractivity contribution in [3.8, 4) is 11.5 Å². The van der Waals surface area contributed by atoms with Crippen molar-refractivity contribution in [1.82, 2.24) is 16.0 Å². The molecule has 2 aromatic rings. The van der Waals surface area contributed by atoms with Gasteiger partial charge in [-0.05, 0) is 42.8 Å². The van der Waals surface area contributed by atoms with Crippen LogP contribution in [0.25, 0.3) is 0 Å². The van der Waals surface area contributed by atoms with Gasteiger partial charge in [-0.1, -0.05) is 17.7 Å². The maximum Gasteiger partial charge on any atom is 0.252 e. The number of halogens is 1. The molecule has 0 radical (unpaired) electrons. The third-order valence-corrected chi connectivity index (χ3v) is 6.45. The molecule has 0 aromatic heterocycles. The average molecular weight is 508 g/mol. The number of carbonyl (C=O) groups is 3. The molecule has 1 aliphatic heterocycles. The van der Waals surface area contributed by atoms with Gasteiger partial charge in [-0.3, -0.25) is 19.7 Å². The van der Waals surface area contributed by atoms with E-state index < -0.39 is 29.5 Å². The number of aryl methyl sites for hydroxylation is 1. The van der Waals surface area contributed by atoms with E-state index in [-0.39, 0.29) is 17.2 Å². The van der Waals surface area contributed by atoms with E-state index in [4.69, 9.17) is 26.8 Å². The number of thioether (sulfide) groups is 1. The third kappa shape index (κ3) is 6.32. The molecule has 182 valence electrons. The quantitative estimate of drug-likeness (QED) is 0.361. The maximum absolute atomic E-state index is 12.6. The molecule has 10 nitrogen and oxygen atoms in total. The van der Waals surface area contributed by atoms with E-state index in [1.165, 1.54) is 20.3 Å². The van der Waals surface area contributed by atoms with Crippen molar-refractivity contribution in [3.05, 3.63) is 52.5 Å². The second kappa shape index (κ2) is 11.4. The first-order chi connectivity index (χ1) is 16.2. The van der Waals surface area contributed by atoms with Gasteiger partial charge >= 0.3 is 0 Å². The van der Waals surface area contributed by atoms with Crippen LogP contribution in [0.15, 0.2) is 36.4 Å². The predicted octanol–water partition coefficient (Wildman–Crippen LogP) is 1.42. The molecule has 0 saturated carbocycles. The summed E-state index contributed by atoms with van der Waals surface area (Å²) in [7, 11) is 2.95. The zero-order chi connectivity index (χ0) is 24.8. The van der Waals surface area contributed by atoms with E-state index in [1.54, 1.807) is 24.3 Å². The minimum absolute atomic E-state index is 0.0544. The Labute approximate surface area is 206 Å². The second-order valence-corrected chi connectivity index (χ2v) is 8.93. The lowest BCUT2D eigenvalue weighted by Crippen LogP contribution is -2.70. The van der Waals surface area contributed by atoms with Crippen molar-refractivity contribution in [2.75, 3.05) is 25.3 Å². The lowest BCUT2D eigenvalue weighted by atomic mass is 10.1. The zero-order valence-corrected chi connectivity index (χ0v) is 20.4. The van der Waals surface area contributed by atoms with Gasteiger partial charge in [0.1, 0.15) is 11.5 Å². The number of benzene rings is 2. The van der Waals surface area contributed by atoms with Crippen LogP contribution in [0.1, 0.15) is 15.9 Å².